The molecule has 1 aromatic rings. The smallest absolute Gasteiger partial charge is 0.232 e. The largest absolute Gasteiger partial charge is 0.313 e. The zero-order valence-corrected chi connectivity index (χ0v) is 13.8. The fourth-order valence-electron chi connectivity index (χ4n) is 1.78. The van der Waals surface area contributed by atoms with Crippen molar-refractivity contribution < 1.29 is 8.42 Å². The fraction of sp³-hybridized carbons (Fsp3) is 0.600. The van der Waals surface area contributed by atoms with Gasteiger partial charge in [-0.1, -0.05) is 39.0 Å². The molecule has 0 aliphatic rings. The van der Waals surface area contributed by atoms with Gasteiger partial charge in [-0.15, -0.1) is 0 Å². The molecule has 0 fully saturated rings. The topological polar surface area (TPSA) is 58.2 Å². The molecule has 1 unspecified atom stereocenters. The first-order valence-corrected chi connectivity index (χ1v) is 8.56. The van der Waals surface area contributed by atoms with Gasteiger partial charge in [-0.05, 0) is 37.4 Å². The van der Waals surface area contributed by atoms with Gasteiger partial charge in [0.25, 0.3) is 0 Å². The molecular formula is C15H26N2O2S. The number of para-hydroxylation sites is 1. The van der Waals surface area contributed by atoms with Crippen molar-refractivity contribution in [2.24, 2.45) is 5.41 Å². The third-order valence-electron chi connectivity index (χ3n) is 3.25. The van der Waals surface area contributed by atoms with Crippen LogP contribution in [0, 0.1) is 5.41 Å². The first-order chi connectivity index (χ1) is 9.14. The van der Waals surface area contributed by atoms with E-state index in [1.165, 1.54) is 0 Å². The van der Waals surface area contributed by atoms with Crippen molar-refractivity contribution in [3.63, 3.8) is 0 Å². The van der Waals surface area contributed by atoms with Crippen LogP contribution in [0.5, 0.6) is 0 Å². The summed E-state index contributed by atoms with van der Waals surface area (Å²) in [6.07, 6.45) is 0.631. The second-order valence-electron chi connectivity index (χ2n) is 6.33. The van der Waals surface area contributed by atoms with Crippen molar-refractivity contribution in [2.75, 3.05) is 17.5 Å². The standard InChI is InChI=1S/C15H26N2O2S/c1-12(16-5)13-8-6-7-9-14(13)17-20(18,19)11-10-15(2,3)4/h6-9,12,16-17H,10-11H2,1-5H3. The Morgan fingerprint density at radius 3 is 2.35 bits per heavy atom. The van der Waals surface area contributed by atoms with Crippen LogP contribution in [-0.2, 0) is 10.0 Å². The van der Waals surface area contributed by atoms with E-state index in [4.69, 9.17) is 0 Å². The van der Waals surface area contributed by atoms with Crippen LogP contribution < -0.4 is 10.0 Å². The molecule has 0 amide bonds. The second kappa shape index (κ2) is 6.59. The number of benzene rings is 1. The van der Waals surface area contributed by atoms with Gasteiger partial charge in [0.2, 0.25) is 10.0 Å². The average Bonchev–Trinajstić information content (AvgIpc) is 2.35. The van der Waals surface area contributed by atoms with Gasteiger partial charge in [-0.3, -0.25) is 4.72 Å². The number of anilines is 1. The Kier molecular flexibility index (Phi) is 5.59. The Morgan fingerprint density at radius 2 is 1.80 bits per heavy atom. The molecule has 0 aliphatic carbocycles. The highest BCUT2D eigenvalue weighted by atomic mass is 32.2. The third-order valence-corrected chi connectivity index (χ3v) is 4.52. The minimum Gasteiger partial charge on any atom is -0.313 e. The van der Waals surface area contributed by atoms with Gasteiger partial charge < -0.3 is 5.32 Å². The highest BCUT2D eigenvalue weighted by Crippen LogP contribution is 2.24. The number of hydrogen-bond donors (Lipinski definition) is 2. The van der Waals surface area contributed by atoms with Crippen LogP contribution in [0.25, 0.3) is 0 Å². The number of sulfonamides is 1. The van der Waals surface area contributed by atoms with E-state index >= 15 is 0 Å². The number of hydrogen-bond acceptors (Lipinski definition) is 3. The van der Waals surface area contributed by atoms with Crippen molar-refractivity contribution in [2.45, 2.75) is 40.2 Å². The van der Waals surface area contributed by atoms with E-state index < -0.39 is 10.0 Å². The van der Waals surface area contributed by atoms with Crippen molar-refractivity contribution in [1.29, 1.82) is 0 Å². The van der Waals surface area contributed by atoms with Gasteiger partial charge in [-0.2, -0.15) is 0 Å². The first-order valence-electron chi connectivity index (χ1n) is 6.91. The maximum atomic E-state index is 12.2. The summed E-state index contributed by atoms with van der Waals surface area (Å²) in [5, 5.41) is 3.13. The molecule has 0 heterocycles. The predicted octanol–water partition coefficient (Wildman–Crippen LogP) is 3.14. The monoisotopic (exact) mass is 298 g/mol. The van der Waals surface area contributed by atoms with Crippen molar-refractivity contribution in [1.82, 2.24) is 5.32 Å². The van der Waals surface area contributed by atoms with E-state index in [1.807, 2.05) is 52.9 Å². The van der Waals surface area contributed by atoms with Crippen molar-refractivity contribution >= 4 is 15.7 Å². The summed E-state index contributed by atoms with van der Waals surface area (Å²) in [5.41, 5.74) is 1.62. The van der Waals surface area contributed by atoms with Crippen molar-refractivity contribution in [3.05, 3.63) is 29.8 Å². The Morgan fingerprint density at radius 1 is 1.20 bits per heavy atom. The summed E-state index contributed by atoms with van der Waals surface area (Å²) >= 11 is 0. The average molecular weight is 298 g/mol. The molecule has 0 saturated heterocycles. The Hall–Kier alpha value is -1.07. The molecule has 5 heteroatoms. The van der Waals surface area contributed by atoms with E-state index in [9.17, 15) is 8.42 Å². The van der Waals surface area contributed by atoms with E-state index in [1.54, 1.807) is 6.07 Å². The highest BCUT2D eigenvalue weighted by molar-refractivity contribution is 7.92. The summed E-state index contributed by atoms with van der Waals surface area (Å²) in [4.78, 5) is 0. The lowest BCUT2D eigenvalue weighted by atomic mass is 9.94. The van der Waals surface area contributed by atoms with Crippen molar-refractivity contribution in [3.8, 4) is 0 Å². The molecule has 0 radical (unpaired) electrons. The van der Waals surface area contributed by atoms with Crippen LogP contribution in [0.15, 0.2) is 24.3 Å². The Labute approximate surface area is 123 Å². The number of rotatable bonds is 6. The number of nitrogens with one attached hydrogen (secondary N) is 2. The molecule has 4 nitrogen and oxygen atoms in total. The van der Waals surface area contributed by atoms with E-state index in [2.05, 4.69) is 10.0 Å². The molecule has 1 rings (SSSR count). The Bertz CT molecular complexity index is 533. The third kappa shape index (κ3) is 5.51. The minimum absolute atomic E-state index is 0.00648. The highest BCUT2D eigenvalue weighted by Gasteiger charge is 2.19. The summed E-state index contributed by atoms with van der Waals surface area (Å²) in [5.74, 6) is 0.138. The van der Waals surface area contributed by atoms with Crippen LogP contribution in [0.2, 0.25) is 0 Å². The molecule has 1 aromatic carbocycles. The van der Waals surface area contributed by atoms with Gasteiger partial charge in [0.1, 0.15) is 0 Å². The molecule has 0 saturated carbocycles. The molecule has 2 N–H and O–H groups in total. The summed E-state index contributed by atoms with van der Waals surface area (Å²) in [7, 11) is -1.45. The molecule has 0 aromatic heterocycles. The van der Waals surface area contributed by atoms with E-state index in [-0.39, 0.29) is 17.2 Å². The SMILES string of the molecule is CNC(C)c1ccccc1NS(=O)(=O)CCC(C)(C)C. The lowest BCUT2D eigenvalue weighted by Crippen LogP contribution is -2.22. The molecular weight excluding hydrogens is 272 g/mol. The molecule has 0 bridgehead atoms. The van der Waals surface area contributed by atoms with Gasteiger partial charge in [0.15, 0.2) is 0 Å². The predicted molar refractivity (Wildman–Crippen MR) is 85.4 cm³/mol. The van der Waals surface area contributed by atoms with Gasteiger partial charge in [-0.25, -0.2) is 8.42 Å². The van der Waals surface area contributed by atoms with Gasteiger partial charge in [0.05, 0.1) is 11.4 Å². The summed E-state index contributed by atoms with van der Waals surface area (Å²) < 4.78 is 27.1. The zero-order valence-electron chi connectivity index (χ0n) is 13.0. The van der Waals surface area contributed by atoms with Crippen LogP contribution in [0.4, 0.5) is 5.69 Å². The Balaban J connectivity index is 2.87. The quantitative estimate of drug-likeness (QED) is 0.848. The normalized spacial score (nSPS) is 14.1. The van der Waals surface area contributed by atoms with Crippen LogP contribution in [-0.4, -0.2) is 21.2 Å². The second-order valence-corrected chi connectivity index (χ2v) is 8.17. The molecule has 0 spiro atoms. The van der Waals surface area contributed by atoms with E-state index in [0.717, 1.165) is 5.56 Å². The maximum Gasteiger partial charge on any atom is 0.232 e. The molecule has 1 atom stereocenters. The first kappa shape index (κ1) is 17.0. The van der Waals surface area contributed by atoms with E-state index in [0.29, 0.717) is 12.1 Å². The summed E-state index contributed by atoms with van der Waals surface area (Å²) in [6.45, 7) is 8.13. The maximum absolute atomic E-state index is 12.2. The fourth-order valence-corrected chi connectivity index (χ4v) is 3.29. The molecule has 0 aliphatic heterocycles. The minimum atomic E-state index is -3.31. The summed E-state index contributed by atoms with van der Waals surface area (Å²) in [6, 6.07) is 7.58. The van der Waals surface area contributed by atoms with Crippen LogP contribution in [0.3, 0.4) is 0 Å². The molecule has 20 heavy (non-hydrogen) atoms. The van der Waals surface area contributed by atoms with Gasteiger partial charge >= 0.3 is 0 Å². The van der Waals surface area contributed by atoms with Crippen LogP contribution in [0.1, 0.15) is 45.7 Å². The lowest BCUT2D eigenvalue weighted by molar-refractivity contribution is 0.397. The van der Waals surface area contributed by atoms with Gasteiger partial charge in [0, 0.05) is 6.04 Å². The zero-order chi connectivity index (χ0) is 15.4. The lowest BCUT2D eigenvalue weighted by Gasteiger charge is -2.20. The van der Waals surface area contributed by atoms with Crippen LogP contribution >= 0.6 is 0 Å². The molecule has 114 valence electrons.